The predicted octanol–water partition coefficient (Wildman–Crippen LogP) is 4.83. The molecule has 0 aliphatic carbocycles. The Balaban J connectivity index is 1.51. The molecule has 1 aromatic carbocycles. The Morgan fingerprint density at radius 3 is 2.75 bits per heavy atom. The maximum Gasteiger partial charge on any atom is 0.419 e. The van der Waals surface area contributed by atoms with Crippen molar-refractivity contribution in [2.45, 2.75) is 6.92 Å². The molecule has 0 atom stereocenters. The van der Waals surface area contributed by atoms with Crippen LogP contribution in [0.25, 0.3) is 22.6 Å². The molecule has 1 amide bonds. The zero-order valence-electron chi connectivity index (χ0n) is 14.4. The molecule has 4 aromatic rings. The highest BCUT2D eigenvalue weighted by Gasteiger charge is 2.13. The molecule has 8 nitrogen and oxygen atoms in total. The van der Waals surface area contributed by atoms with Crippen molar-refractivity contribution in [1.82, 2.24) is 19.6 Å². The third kappa shape index (κ3) is 3.85. The van der Waals surface area contributed by atoms with Crippen LogP contribution < -0.4 is 10.1 Å². The summed E-state index contributed by atoms with van der Waals surface area (Å²) in [5, 5.41) is 7.23. The van der Waals surface area contributed by atoms with Gasteiger partial charge in [-0.05, 0) is 37.3 Å². The molecule has 0 radical (unpaired) electrons. The van der Waals surface area contributed by atoms with Gasteiger partial charge in [-0.3, -0.25) is 5.32 Å². The number of hydrogen-bond acceptors (Lipinski definition) is 8. The summed E-state index contributed by atoms with van der Waals surface area (Å²) in [7, 11) is 0. The Morgan fingerprint density at radius 1 is 1.21 bits per heavy atom. The van der Waals surface area contributed by atoms with Crippen LogP contribution in [-0.2, 0) is 0 Å². The Labute approximate surface area is 168 Å². The van der Waals surface area contributed by atoms with Gasteiger partial charge in [-0.25, -0.2) is 14.8 Å². The fourth-order valence-corrected chi connectivity index (χ4v) is 3.16. The monoisotopic (exact) mass is 413 g/mol. The summed E-state index contributed by atoms with van der Waals surface area (Å²) in [5.41, 5.74) is 2.89. The first-order chi connectivity index (χ1) is 13.6. The van der Waals surface area contributed by atoms with Crippen LogP contribution in [0.2, 0.25) is 5.02 Å². The smallest absolute Gasteiger partial charge is 0.419 e. The second kappa shape index (κ2) is 7.75. The molecule has 0 spiro atoms. The first kappa shape index (κ1) is 18.1. The molecule has 3 heterocycles. The molecule has 0 saturated carbocycles. The van der Waals surface area contributed by atoms with Crippen LogP contribution in [0, 0.1) is 6.92 Å². The maximum atomic E-state index is 12.0. The Bertz CT molecular complexity index is 1110. The lowest BCUT2D eigenvalue weighted by Crippen LogP contribution is -2.17. The molecular formula is C18H12ClN5O3S. The second-order valence-corrected chi connectivity index (χ2v) is 6.75. The average molecular weight is 414 g/mol. The number of amides is 1. The fraction of sp³-hybridized carbons (Fsp3) is 0.0556. The summed E-state index contributed by atoms with van der Waals surface area (Å²) in [6.45, 7) is 1.70. The molecule has 4 rings (SSSR count). The molecule has 0 aliphatic rings. The van der Waals surface area contributed by atoms with E-state index in [4.69, 9.17) is 20.8 Å². The Kier molecular flexibility index (Phi) is 5.00. The lowest BCUT2D eigenvalue weighted by atomic mass is 10.0. The van der Waals surface area contributed by atoms with E-state index >= 15 is 0 Å². The number of halogens is 1. The number of ether oxygens (including phenoxy) is 1. The molecule has 3 aromatic heterocycles. The maximum absolute atomic E-state index is 12.0. The van der Waals surface area contributed by atoms with Crippen molar-refractivity contribution in [3.63, 3.8) is 0 Å². The van der Waals surface area contributed by atoms with Crippen molar-refractivity contribution < 1.29 is 13.9 Å². The Hall–Kier alpha value is -3.30. The average Bonchev–Trinajstić information content (AvgIpc) is 3.36. The van der Waals surface area contributed by atoms with Crippen molar-refractivity contribution >= 4 is 35.0 Å². The standard InChI is InChI=1S/C18H12ClN5O3S/c1-10-17(28-24-23-10)27-18(25)22-15-5-3-12(9-21-15)13-8-11(2-4-14(13)19)16-20-6-7-26-16/h2-9H,1H3,(H,21,22,25). The molecule has 0 unspecified atom stereocenters. The lowest BCUT2D eigenvalue weighted by molar-refractivity contribution is 0.216. The van der Waals surface area contributed by atoms with Crippen LogP contribution in [0.4, 0.5) is 10.6 Å². The van der Waals surface area contributed by atoms with Crippen LogP contribution >= 0.6 is 23.1 Å². The molecular weight excluding hydrogens is 402 g/mol. The van der Waals surface area contributed by atoms with E-state index in [1.165, 1.54) is 6.26 Å². The first-order valence-corrected chi connectivity index (χ1v) is 9.19. The largest absolute Gasteiger partial charge is 0.445 e. The molecule has 28 heavy (non-hydrogen) atoms. The number of aromatic nitrogens is 4. The van der Waals surface area contributed by atoms with Crippen LogP contribution in [0.1, 0.15) is 5.69 Å². The van der Waals surface area contributed by atoms with Crippen molar-refractivity contribution in [2.75, 3.05) is 5.32 Å². The third-order valence-corrected chi connectivity index (χ3v) is 4.78. The Morgan fingerprint density at radius 2 is 2.07 bits per heavy atom. The number of benzene rings is 1. The van der Waals surface area contributed by atoms with Crippen molar-refractivity contribution in [1.29, 1.82) is 0 Å². The van der Waals surface area contributed by atoms with Crippen molar-refractivity contribution in [2.24, 2.45) is 0 Å². The zero-order chi connectivity index (χ0) is 19.5. The number of carbonyl (C=O) groups excluding carboxylic acids is 1. The van der Waals surface area contributed by atoms with Crippen LogP contribution in [0.15, 0.2) is 53.4 Å². The number of rotatable bonds is 4. The van der Waals surface area contributed by atoms with E-state index in [2.05, 4.69) is 24.9 Å². The van der Waals surface area contributed by atoms with E-state index in [1.807, 2.05) is 12.1 Å². The van der Waals surface area contributed by atoms with E-state index in [0.717, 1.165) is 28.2 Å². The van der Waals surface area contributed by atoms with Gasteiger partial charge in [-0.1, -0.05) is 16.1 Å². The molecule has 1 N–H and O–H groups in total. The number of nitrogens with one attached hydrogen (secondary N) is 1. The molecule has 10 heteroatoms. The number of hydrogen-bond donors (Lipinski definition) is 1. The number of pyridine rings is 1. The van der Waals surface area contributed by atoms with Crippen molar-refractivity contribution in [3.05, 3.63) is 59.7 Å². The zero-order valence-corrected chi connectivity index (χ0v) is 16.0. The van der Waals surface area contributed by atoms with Gasteiger partial charge in [0.1, 0.15) is 17.8 Å². The van der Waals surface area contributed by atoms with E-state index in [-0.39, 0.29) is 0 Å². The highest BCUT2D eigenvalue weighted by molar-refractivity contribution is 7.07. The summed E-state index contributed by atoms with van der Waals surface area (Å²) in [5.74, 6) is 0.837. The molecule has 0 saturated heterocycles. The van der Waals surface area contributed by atoms with Gasteiger partial charge in [0, 0.05) is 39.4 Å². The molecule has 0 bridgehead atoms. The van der Waals surface area contributed by atoms with Gasteiger partial charge in [0.15, 0.2) is 0 Å². The number of nitrogens with zero attached hydrogens (tertiary/aromatic N) is 4. The van der Waals surface area contributed by atoms with Gasteiger partial charge >= 0.3 is 6.09 Å². The van der Waals surface area contributed by atoms with Crippen LogP contribution in [0.3, 0.4) is 0 Å². The SMILES string of the molecule is Cc1nnsc1OC(=O)Nc1ccc(-c2cc(-c3ncco3)ccc2Cl)cn1. The molecule has 0 aliphatic heterocycles. The van der Waals surface area contributed by atoms with Crippen LogP contribution in [-0.4, -0.2) is 25.6 Å². The van der Waals surface area contributed by atoms with E-state index in [9.17, 15) is 4.79 Å². The molecule has 140 valence electrons. The highest BCUT2D eigenvalue weighted by Crippen LogP contribution is 2.32. The van der Waals surface area contributed by atoms with E-state index in [1.54, 1.807) is 37.5 Å². The van der Waals surface area contributed by atoms with Crippen LogP contribution in [0.5, 0.6) is 5.06 Å². The predicted molar refractivity (Wildman–Crippen MR) is 104 cm³/mol. The fourth-order valence-electron chi connectivity index (χ4n) is 2.41. The minimum atomic E-state index is -0.668. The summed E-state index contributed by atoms with van der Waals surface area (Å²) < 4.78 is 14.2. The second-order valence-electron chi connectivity index (χ2n) is 5.62. The summed E-state index contributed by atoms with van der Waals surface area (Å²) >= 11 is 7.33. The number of carbonyl (C=O) groups is 1. The normalized spacial score (nSPS) is 10.6. The van der Waals surface area contributed by atoms with Gasteiger partial charge in [0.2, 0.25) is 11.0 Å². The van der Waals surface area contributed by atoms with E-state index < -0.39 is 6.09 Å². The highest BCUT2D eigenvalue weighted by atomic mass is 35.5. The van der Waals surface area contributed by atoms with E-state index in [0.29, 0.717) is 27.5 Å². The van der Waals surface area contributed by atoms with Gasteiger partial charge in [-0.15, -0.1) is 5.10 Å². The number of anilines is 1. The minimum Gasteiger partial charge on any atom is -0.445 e. The van der Waals surface area contributed by atoms with Gasteiger partial charge in [0.25, 0.3) is 0 Å². The third-order valence-electron chi connectivity index (χ3n) is 3.75. The summed E-state index contributed by atoms with van der Waals surface area (Å²) in [6, 6.07) is 8.91. The number of aryl methyl sites for hydroxylation is 1. The van der Waals surface area contributed by atoms with Gasteiger partial charge < -0.3 is 9.15 Å². The topological polar surface area (TPSA) is 103 Å². The summed E-state index contributed by atoms with van der Waals surface area (Å²) in [6.07, 6.45) is 4.02. The lowest BCUT2D eigenvalue weighted by Gasteiger charge is -2.08. The first-order valence-electron chi connectivity index (χ1n) is 8.04. The quantitative estimate of drug-likeness (QED) is 0.511. The van der Waals surface area contributed by atoms with Gasteiger partial charge in [-0.2, -0.15) is 0 Å². The number of oxazole rings is 1. The molecule has 0 fully saturated rings. The minimum absolute atomic E-state index is 0.337. The summed E-state index contributed by atoms with van der Waals surface area (Å²) in [4.78, 5) is 20.3. The van der Waals surface area contributed by atoms with Crippen molar-refractivity contribution in [3.8, 4) is 27.6 Å². The van der Waals surface area contributed by atoms with Gasteiger partial charge in [0.05, 0.1) is 6.20 Å².